The van der Waals surface area contributed by atoms with Crippen LogP contribution in [0.1, 0.15) is 5.56 Å². The molecule has 190 valence electrons. The minimum Gasteiger partial charge on any atom is -0.455 e. The Morgan fingerprint density at radius 3 is 1.29 bits per heavy atom. The minimum atomic E-state index is -4.79. The molecule has 3 aromatic rings. The molecule has 0 atom stereocenters. The van der Waals surface area contributed by atoms with Crippen molar-refractivity contribution in [3.05, 3.63) is 96.6 Å². The molecule has 0 fully saturated rings. The highest BCUT2D eigenvalue weighted by atomic mass is 19.4. The number of hydrogen-bond donors (Lipinski definition) is 0. The van der Waals surface area contributed by atoms with Gasteiger partial charge in [-0.1, -0.05) is 24.3 Å². The van der Waals surface area contributed by atoms with E-state index in [1.54, 1.807) is 0 Å². The molecule has 11 heteroatoms. The molecule has 38 heavy (non-hydrogen) atoms. The average Bonchev–Trinajstić information content (AvgIpc) is 3.39. The average molecular weight is 520 g/mol. The number of imide groups is 2. The van der Waals surface area contributed by atoms with Gasteiger partial charge in [-0.05, 0) is 36.4 Å². The smallest absolute Gasteiger partial charge is 0.416 e. The first-order valence-corrected chi connectivity index (χ1v) is 11.0. The molecule has 2 aliphatic rings. The highest BCUT2D eigenvalue weighted by Crippen LogP contribution is 2.41. The number of carbonyl (C=O) groups is 4. The number of halogens is 3. The largest absolute Gasteiger partial charge is 0.455 e. The molecule has 0 aromatic heterocycles. The Morgan fingerprint density at radius 1 is 0.553 bits per heavy atom. The molecule has 0 saturated carbocycles. The number of alkyl halides is 3. The van der Waals surface area contributed by atoms with Gasteiger partial charge < -0.3 is 9.47 Å². The van der Waals surface area contributed by atoms with Gasteiger partial charge in [0, 0.05) is 30.4 Å². The Kier molecular flexibility index (Phi) is 6.03. The number of para-hydroxylation sites is 4. The summed E-state index contributed by atoms with van der Waals surface area (Å²) in [6.45, 7) is 0. The monoisotopic (exact) mass is 520 g/mol. The predicted molar refractivity (Wildman–Crippen MR) is 128 cm³/mol. The van der Waals surface area contributed by atoms with E-state index in [0.717, 1.165) is 46.2 Å². The van der Waals surface area contributed by atoms with E-state index in [1.165, 1.54) is 54.6 Å². The molecular formula is C27H15F3N2O6. The van der Waals surface area contributed by atoms with E-state index in [0.29, 0.717) is 0 Å². The van der Waals surface area contributed by atoms with Crippen LogP contribution in [-0.2, 0) is 25.4 Å². The van der Waals surface area contributed by atoms with Crippen molar-refractivity contribution in [3.8, 4) is 23.0 Å². The molecule has 8 nitrogen and oxygen atoms in total. The Hall–Kier alpha value is -5.19. The van der Waals surface area contributed by atoms with E-state index in [-0.39, 0.29) is 34.4 Å². The van der Waals surface area contributed by atoms with Crippen molar-refractivity contribution >= 4 is 35.0 Å². The van der Waals surface area contributed by atoms with E-state index >= 15 is 0 Å². The second-order valence-corrected chi connectivity index (χ2v) is 8.02. The van der Waals surface area contributed by atoms with Crippen LogP contribution in [0.15, 0.2) is 91.0 Å². The summed E-state index contributed by atoms with van der Waals surface area (Å²) in [5, 5.41) is 0. The zero-order valence-electron chi connectivity index (χ0n) is 19.1. The summed E-state index contributed by atoms with van der Waals surface area (Å²) in [6.07, 6.45) is -0.515. The first-order valence-electron chi connectivity index (χ1n) is 11.0. The molecule has 0 radical (unpaired) electrons. The second kappa shape index (κ2) is 9.36. The maximum absolute atomic E-state index is 13.8. The molecule has 0 bridgehead atoms. The maximum Gasteiger partial charge on any atom is 0.416 e. The van der Waals surface area contributed by atoms with Crippen LogP contribution in [0.4, 0.5) is 24.5 Å². The molecule has 5 rings (SSSR count). The SMILES string of the molecule is O=C1C=CC(=O)N1c1ccccc1Oc1cc(Oc2ccccc2N2C(=O)C=CC2=O)cc(C(F)(F)F)c1. The fraction of sp³-hybridized carbons (Fsp3) is 0.0370. The summed E-state index contributed by atoms with van der Waals surface area (Å²) < 4.78 is 52.7. The summed E-state index contributed by atoms with van der Waals surface area (Å²) in [7, 11) is 0. The summed E-state index contributed by atoms with van der Waals surface area (Å²) in [5.74, 6) is -3.23. The lowest BCUT2D eigenvalue weighted by molar-refractivity contribution is -0.137. The number of amides is 4. The van der Waals surface area contributed by atoms with Crippen LogP contribution in [-0.4, -0.2) is 23.6 Å². The van der Waals surface area contributed by atoms with E-state index in [1.807, 2.05) is 0 Å². The number of ether oxygens (including phenoxy) is 2. The molecule has 0 aliphatic carbocycles. The Labute approximate surface area is 212 Å². The lowest BCUT2D eigenvalue weighted by atomic mass is 10.2. The molecule has 0 N–H and O–H groups in total. The number of hydrogen-bond acceptors (Lipinski definition) is 6. The maximum atomic E-state index is 13.8. The number of nitrogens with zero attached hydrogens (tertiary/aromatic N) is 2. The van der Waals surface area contributed by atoms with Crippen molar-refractivity contribution < 1.29 is 41.8 Å². The highest BCUT2D eigenvalue weighted by molar-refractivity contribution is 6.29. The zero-order valence-corrected chi connectivity index (χ0v) is 19.1. The molecule has 2 heterocycles. The number of anilines is 2. The quantitative estimate of drug-likeness (QED) is 0.418. The molecular weight excluding hydrogens is 505 g/mol. The third-order valence-corrected chi connectivity index (χ3v) is 5.49. The minimum absolute atomic E-state index is 0.0382. The van der Waals surface area contributed by atoms with E-state index < -0.39 is 35.4 Å². The van der Waals surface area contributed by atoms with Crippen LogP contribution < -0.4 is 19.3 Å². The Bertz CT molecular complexity index is 1420. The van der Waals surface area contributed by atoms with Gasteiger partial charge >= 0.3 is 6.18 Å². The number of benzene rings is 3. The van der Waals surface area contributed by atoms with Crippen molar-refractivity contribution in [1.29, 1.82) is 0 Å². The third kappa shape index (κ3) is 4.64. The van der Waals surface area contributed by atoms with Gasteiger partial charge in [0.1, 0.15) is 11.5 Å². The predicted octanol–water partition coefficient (Wildman–Crippen LogP) is 5.15. The third-order valence-electron chi connectivity index (χ3n) is 5.49. The van der Waals surface area contributed by atoms with Crippen LogP contribution in [0.25, 0.3) is 0 Å². The van der Waals surface area contributed by atoms with Gasteiger partial charge in [0.25, 0.3) is 23.6 Å². The van der Waals surface area contributed by atoms with Crippen LogP contribution in [0.2, 0.25) is 0 Å². The van der Waals surface area contributed by atoms with Gasteiger partial charge in [0.05, 0.1) is 16.9 Å². The van der Waals surface area contributed by atoms with Crippen molar-refractivity contribution in [3.63, 3.8) is 0 Å². The topological polar surface area (TPSA) is 93.2 Å². The highest BCUT2D eigenvalue weighted by Gasteiger charge is 2.33. The Balaban J connectivity index is 1.52. The molecule has 0 spiro atoms. The first-order chi connectivity index (χ1) is 18.1. The van der Waals surface area contributed by atoms with Crippen LogP contribution in [0.3, 0.4) is 0 Å². The van der Waals surface area contributed by atoms with Crippen molar-refractivity contribution in [2.45, 2.75) is 6.18 Å². The Morgan fingerprint density at radius 2 is 0.921 bits per heavy atom. The van der Waals surface area contributed by atoms with Crippen molar-refractivity contribution in [1.82, 2.24) is 0 Å². The van der Waals surface area contributed by atoms with Crippen molar-refractivity contribution in [2.24, 2.45) is 0 Å². The van der Waals surface area contributed by atoms with Gasteiger partial charge in [0.2, 0.25) is 0 Å². The lowest BCUT2D eigenvalue weighted by Crippen LogP contribution is -2.29. The van der Waals surface area contributed by atoms with Crippen LogP contribution >= 0.6 is 0 Å². The van der Waals surface area contributed by atoms with Gasteiger partial charge in [-0.15, -0.1) is 0 Å². The summed E-state index contributed by atoms with van der Waals surface area (Å²) in [5.41, 5.74) is -1.03. The molecule has 0 unspecified atom stereocenters. The fourth-order valence-electron chi connectivity index (χ4n) is 3.84. The zero-order chi connectivity index (χ0) is 27.0. The van der Waals surface area contributed by atoms with E-state index in [9.17, 15) is 32.3 Å². The molecule has 4 amide bonds. The number of rotatable bonds is 6. The van der Waals surface area contributed by atoms with Gasteiger partial charge in [-0.2, -0.15) is 13.2 Å². The number of carbonyl (C=O) groups excluding carboxylic acids is 4. The normalized spacial score (nSPS) is 15.1. The summed E-state index contributed by atoms with van der Waals surface area (Å²) >= 11 is 0. The summed E-state index contributed by atoms with van der Waals surface area (Å²) in [6, 6.07) is 14.4. The molecule has 3 aromatic carbocycles. The standard InChI is InChI=1S/C27H15F3N2O6/c28-27(29,30)16-13-17(37-21-7-3-1-5-19(21)31-23(33)9-10-24(31)34)15-18(14-16)38-22-8-4-2-6-20(22)32-25(35)11-12-26(32)36/h1-15H. The summed E-state index contributed by atoms with van der Waals surface area (Å²) in [4.78, 5) is 50.3. The van der Waals surface area contributed by atoms with Crippen LogP contribution in [0, 0.1) is 0 Å². The first kappa shape index (κ1) is 24.5. The second-order valence-electron chi connectivity index (χ2n) is 8.02. The fourth-order valence-corrected chi connectivity index (χ4v) is 3.84. The van der Waals surface area contributed by atoms with E-state index in [4.69, 9.17) is 9.47 Å². The van der Waals surface area contributed by atoms with Gasteiger partial charge in [-0.3, -0.25) is 19.2 Å². The van der Waals surface area contributed by atoms with Crippen molar-refractivity contribution in [2.75, 3.05) is 9.80 Å². The lowest BCUT2D eigenvalue weighted by Gasteiger charge is -2.20. The van der Waals surface area contributed by atoms with E-state index in [2.05, 4.69) is 0 Å². The molecule has 2 aliphatic heterocycles. The molecule has 0 saturated heterocycles. The van der Waals surface area contributed by atoms with Gasteiger partial charge in [0.15, 0.2) is 11.5 Å². The van der Waals surface area contributed by atoms with Gasteiger partial charge in [-0.25, -0.2) is 9.80 Å². The van der Waals surface area contributed by atoms with Crippen LogP contribution in [0.5, 0.6) is 23.0 Å².